The van der Waals surface area contributed by atoms with Crippen molar-refractivity contribution in [1.82, 2.24) is 15.5 Å². The lowest BCUT2D eigenvalue weighted by molar-refractivity contribution is -0.285. The molecule has 11 atom stereocenters. The SMILES string of the molecule is C=C1NC(=O)C=CN1C1OC(COP(=O)([O-])OP(=O)([O-])O[C@H]2OC(CO)[C@H](O)[C@H](O)C2NC(=O)CCOCCOCCOC)C(O)C1O. The van der Waals surface area contributed by atoms with Gasteiger partial charge in [-0.25, -0.2) is 4.31 Å². The molecule has 0 saturated carbocycles. The minimum absolute atomic E-state index is 0.0315. The van der Waals surface area contributed by atoms with Gasteiger partial charge < -0.3 is 79.1 Å². The first-order valence-corrected chi connectivity index (χ1v) is 17.2. The Morgan fingerprint density at radius 3 is 2.29 bits per heavy atom. The van der Waals surface area contributed by atoms with Gasteiger partial charge in [-0.2, -0.15) is 0 Å². The maximum absolute atomic E-state index is 12.6. The number of carbonyl (C=O) groups is 2. The topological polar surface area (TPSA) is 317 Å². The molecule has 24 heteroatoms. The number of rotatable bonds is 19. The highest BCUT2D eigenvalue weighted by Crippen LogP contribution is 2.57. The van der Waals surface area contributed by atoms with E-state index in [1.165, 1.54) is 13.3 Å². The van der Waals surface area contributed by atoms with Crippen molar-refractivity contribution in [3.8, 4) is 0 Å². The third-order valence-corrected chi connectivity index (χ3v) is 9.42. The molecule has 0 aromatic rings. The molecule has 3 heterocycles. The second-order valence-corrected chi connectivity index (χ2v) is 13.3. The number of amides is 2. The minimum atomic E-state index is -6.00. The number of aliphatic hydroxyl groups is 5. The fourth-order valence-corrected chi connectivity index (χ4v) is 6.58. The normalized spacial score (nSPS) is 33.2. The summed E-state index contributed by atoms with van der Waals surface area (Å²) in [4.78, 5) is 50.1. The van der Waals surface area contributed by atoms with Crippen LogP contribution in [0.15, 0.2) is 24.7 Å². The largest absolute Gasteiger partial charge is 0.756 e. The quantitative estimate of drug-likeness (QED) is 0.0482. The fourth-order valence-electron chi connectivity index (χ4n) is 4.49. The molecule has 48 heavy (non-hydrogen) atoms. The van der Waals surface area contributed by atoms with E-state index in [-0.39, 0.29) is 32.1 Å². The van der Waals surface area contributed by atoms with Crippen LogP contribution in [0.25, 0.3) is 0 Å². The molecule has 0 aromatic carbocycles. The van der Waals surface area contributed by atoms with E-state index in [1.807, 2.05) is 0 Å². The summed E-state index contributed by atoms with van der Waals surface area (Å²) >= 11 is 0. The van der Waals surface area contributed by atoms with E-state index < -0.39 is 95.9 Å². The van der Waals surface area contributed by atoms with Crippen LogP contribution in [0, 0.1) is 0 Å². The summed E-state index contributed by atoms with van der Waals surface area (Å²) in [5.74, 6) is -1.38. The average Bonchev–Trinajstić information content (AvgIpc) is 3.29. The highest BCUT2D eigenvalue weighted by molar-refractivity contribution is 7.59. The monoisotopic (exact) mass is 735 g/mol. The van der Waals surface area contributed by atoms with Gasteiger partial charge in [-0.15, -0.1) is 0 Å². The maximum Gasteiger partial charge on any atom is 0.276 e. The third kappa shape index (κ3) is 11.6. The Morgan fingerprint density at radius 1 is 1.00 bits per heavy atom. The summed E-state index contributed by atoms with van der Waals surface area (Å²) < 4.78 is 64.2. The molecule has 0 aromatic heterocycles. The fraction of sp³-hybridized carbons (Fsp3) is 0.750. The van der Waals surface area contributed by atoms with Crippen molar-refractivity contribution in [2.45, 2.75) is 61.6 Å². The van der Waals surface area contributed by atoms with Gasteiger partial charge in [0.25, 0.3) is 21.6 Å². The first-order chi connectivity index (χ1) is 22.6. The molecular formula is C24H39N3O19P2-2. The smallest absolute Gasteiger partial charge is 0.276 e. The van der Waals surface area contributed by atoms with Crippen molar-refractivity contribution >= 4 is 27.5 Å². The molecule has 2 saturated heterocycles. The van der Waals surface area contributed by atoms with Gasteiger partial charge in [-0.05, 0) is 0 Å². The van der Waals surface area contributed by atoms with Crippen molar-refractivity contribution in [2.24, 2.45) is 0 Å². The maximum atomic E-state index is 12.6. The van der Waals surface area contributed by atoms with Gasteiger partial charge in [0, 0.05) is 25.8 Å². The first-order valence-electron chi connectivity index (χ1n) is 14.3. The number of carbonyl (C=O) groups excluding carboxylic acids is 2. The number of ether oxygens (including phenoxy) is 5. The number of methoxy groups -OCH3 is 1. The molecule has 2 fully saturated rings. The molecule has 276 valence electrons. The van der Waals surface area contributed by atoms with E-state index in [4.69, 9.17) is 23.7 Å². The highest BCUT2D eigenvalue weighted by atomic mass is 31.3. The molecule has 0 bridgehead atoms. The summed E-state index contributed by atoms with van der Waals surface area (Å²) in [6.45, 7) is 2.47. The number of hydrogen-bond donors (Lipinski definition) is 7. The Labute approximate surface area is 273 Å². The van der Waals surface area contributed by atoms with Crippen LogP contribution < -0.4 is 20.4 Å². The zero-order valence-corrected chi connectivity index (χ0v) is 27.3. The number of aliphatic hydroxyl groups excluding tert-OH is 5. The Balaban J connectivity index is 1.56. The second-order valence-electron chi connectivity index (χ2n) is 10.4. The molecular weight excluding hydrogens is 696 g/mol. The van der Waals surface area contributed by atoms with Gasteiger partial charge in [0.05, 0.1) is 46.2 Å². The van der Waals surface area contributed by atoms with Crippen molar-refractivity contribution in [2.75, 3.05) is 53.4 Å². The molecule has 8 unspecified atom stereocenters. The van der Waals surface area contributed by atoms with Crippen LogP contribution in [0.2, 0.25) is 0 Å². The van der Waals surface area contributed by atoms with Gasteiger partial charge >= 0.3 is 0 Å². The van der Waals surface area contributed by atoms with E-state index in [9.17, 15) is 54.0 Å². The van der Waals surface area contributed by atoms with Crippen molar-refractivity contribution in [3.05, 3.63) is 24.7 Å². The Kier molecular flexibility index (Phi) is 15.5. The predicted octanol–water partition coefficient (Wildman–Crippen LogP) is -5.17. The summed E-state index contributed by atoms with van der Waals surface area (Å²) in [6, 6.07) is -1.82. The molecule has 3 aliphatic rings. The van der Waals surface area contributed by atoms with Crippen LogP contribution in [-0.2, 0) is 55.8 Å². The standard InChI is InChI=1S/C24H41N3O19P2/c1-13-25-16(29)3-5-27(13)23-22(34)20(32)15(43-23)12-42-47(35,36)46-48(37,38)45-24-18(21(33)19(31)14(11-28)44-24)26-17(30)4-6-40-9-10-41-8-7-39-2/h3,5,14-15,18-24,28,31-34H,1,4,6-12H2,2H3,(H,25,29)(H,26,30)(H,35,36)(H,37,38)/p-2/t14?,15?,18?,19-,20?,21+,22?,23?,24+/m0/s1. The van der Waals surface area contributed by atoms with Crippen molar-refractivity contribution in [3.63, 3.8) is 0 Å². The highest BCUT2D eigenvalue weighted by Gasteiger charge is 2.48. The Morgan fingerprint density at radius 2 is 1.65 bits per heavy atom. The second kappa shape index (κ2) is 18.4. The van der Waals surface area contributed by atoms with Gasteiger partial charge in [0.15, 0.2) is 12.5 Å². The number of phosphoric acid groups is 2. The zero-order valence-electron chi connectivity index (χ0n) is 25.5. The van der Waals surface area contributed by atoms with E-state index in [2.05, 4.69) is 30.6 Å². The zero-order chi connectivity index (χ0) is 35.6. The van der Waals surface area contributed by atoms with E-state index in [1.54, 1.807) is 0 Å². The lowest BCUT2D eigenvalue weighted by atomic mass is 9.97. The summed E-state index contributed by atoms with van der Waals surface area (Å²) in [5.41, 5.74) is 0. The average molecular weight is 736 g/mol. The Hall–Kier alpha value is -1.92. The van der Waals surface area contributed by atoms with Crippen LogP contribution in [0.1, 0.15) is 6.42 Å². The number of phosphoric ester groups is 2. The third-order valence-electron chi connectivity index (χ3n) is 6.89. The lowest BCUT2D eigenvalue weighted by Gasteiger charge is -2.44. The van der Waals surface area contributed by atoms with Crippen LogP contribution in [0.3, 0.4) is 0 Å². The minimum Gasteiger partial charge on any atom is -0.756 e. The number of hydrogen-bond acceptors (Lipinski definition) is 20. The number of nitrogens with zero attached hydrogens (tertiary/aromatic N) is 1. The molecule has 3 rings (SSSR count). The van der Waals surface area contributed by atoms with E-state index >= 15 is 0 Å². The molecule has 2 amide bonds. The van der Waals surface area contributed by atoms with Gasteiger partial charge in [-0.1, -0.05) is 6.58 Å². The van der Waals surface area contributed by atoms with Gasteiger partial charge in [0.2, 0.25) is 5.91 Å². The van der Waals surface area contributed by atoms with Crippen LogP contribution in [0.5, 0.6) is 0 Å². The molecule has 3 aliphatic heterocycles. The molecule has 0 spiro atoms. The van der Waals surface area contributed by atoms with Gasteiger partial charge in [0.1, 0.15) is 48.5 Å². The summed E-state index contributed by atoms with van der Waals surface area (Å²) in [5, 5.41) is 55.5. The van der Waals surface area contributed by atoms with Crippen molar-refractivity contribution < 1.29 is 91.1 Å². The van der Waals surface area contributed by atoms with Crippen LogP contribution >= 0.6 is 15.6 Å². The van der Waals surface area contributed by atoms with Crippen molar-refractivity contribution in [1.29, 1.82) is 0 Å². The van der Waals surface area contributed by atoms with E-state index in [0.717, 1.165) is 11.0 Å². The first kappa shape index (κ1) is 40.5. The van der Waals surface area contributed by atoms with E-state index in [0.29, 0.717) is 13.2 Å². The van der Waals surface area contributed by atoms with Gasteiger partial charge in [-0.3, -0.25) is 23.2 Å². The van der Waals surface area contributed by atoms with Crippen LogP contribution in [0.4, 0.5) is 0 Å². The van der Waals surface area contributed by atoms with Crippen LogP contribution in [-0.4, -0.2) is 151 Å². The number of nitrogens with one attached hydrogen (secondary N) is 2. The summed E-state index contributed by atoms with van der Waals surface area (Å²) in [6.07, 6.45) is -12.1. The summed E-state index contributed by atoms with van der Waals surface area (Å²) in [7, 11) is -10.3. The molecule has 0 radical (unpaired) electrons. The Bertz CT molecular complexity index is 1230. The predicted molar refractivity (Wildman–Crippen MR) is 150 cm³/mol. The molecule has 22 nitrogen and oxygen atoms in total. The molecule has 0 aliphatic carbocycles. The lowest BCUT2D eigenvalue weighted by Crippen LogP contribution is -2.64. The molecule has 7 N–H and O–H groups in total.